The number of fused-ring (bicyclic) bond motifs is 1. The third kappa shape index (κ3) is 1.36. The van der Waals surface area contributed by atoms with Crippen LogP contribution in [0.2, 0.25) is 0 Å². The molecule has 0 spiro atoms. The topological polar surface area (TPSA) is 35.2 Å². The number of hydrogen-bond donors (Lipinski definition) is 1. The molecule has 0 saturated carbocycles. The molecule has 0 aliphatic carbocycles. The van der Waals surface area contributed by atoms with Crippen LogP contribution in [0.25, 0.3) is 0 Å². The lowest BCUT2D eigenvalue weighted by Gasteiger charge is -2.16. The van der Waals surface area contributed by atoms with Crippen molar-refractivity contribution in [2.24, 2.45) is 5.73 Å². The van der Waals surface area contributed by atoms with Gasteiger partial charge in [-0.1, -0.05) is 18.2 Å². The van der Waals surface area contributed by atoms with Gasteiger partial charge >= 0.3 is 0 Å². The van der Waals surface area contributed by atoms with Crippen molar-refractivity contribution in [3.63, 3.8) is 0 Å². The van der Waals surface area contributed by atoms with Crippen LogP contribution in [0.15, 0.2) is 18.2 Å². The van der Waals surface area contributed by atoms with E-state index in [1.807, 2.05) is 0 Å². The van der Waals surface area contributed by atoms with Crippen molar-refractivity contribution in [3.8, 4) is 0 Å². The molecule has 0 saturated heterocycles. The van der Waals surface area contributed by atoms with Gasteiger partial charge in [0.1, 0.15) is 0 Å². The average Bonchev–Trinajstić information content (AvgIpc) is 2.17. The van der Waals surface area contributed by atoms with Crippen LogP contribution in [0, 0.1) is 0 Å². The monoisotopic (exact) mass is 163 g/mol. The number of rotatable bonds is 1. The van der Waals surface area contributed by atoms with Crippen LogP contribution < -0.4 is 5.73 Å². The molecule has 1 aliphatic rings. The molecule has 1 heterocycles. The molecule has 64 valence electrons. The Balaban J connectivity index is 2.36. The fraction of sp³-hybridized carbons (Fsp3) is 0.400. The smallest absolute Gasteiger partial charge is 0.0719 e. The van der Waals surface area contributed by atoms with Crippen molar-refractivity contribution in [1.82, 2.24) is 0 Å². The fourth-order valence-corrected chi connectivity index (χ4v) is 1.54. The van der Waals surface area contributed by atoms with Crippen molar-refractivity contribution in [1.29, 1.82) is 0 Å². The molecule has 0 aromatic heterocycles. The van der Waals surface area contributed by atoms with E-state index in [4.69, 9.17) is 10.5 Å². The molecule has 0 atom stereocenters. The molecule has 0 fully saturated rings. The lowest BCUT2D eigenvalue weighted by molar-refractivity contribution is 0.110. The Morgan fingerprint density at radius 3 is 3.08 bits per heavy atom. The maximum absolute atomic E-state index is 5.55. The first kappa shape index (κ1) is 7.77. The maximum atomic E-state index is 5.55. The van der Waals surface area contributed by atoms with Gasteiger partial charge in [0.2, 0.25) is 0 Å². The van der Waals surface area contributed by atoms with Crippen LogP contribution in [0.4, 0.5) is 0 Å². The number of hydrogen-bond acceptors (Lipinski definition) is 2. The summed E-state index contributed by atoms with van der Waals surface area (Å²) in [7, 11) is 0. The normalized spacial score (nSPS) is 15.8. The standard InChI is InChI=1S/C10H13NO/c11-6-8-1-2-10-7-12-4-3-9(10)5-8/h1-2,5H,3-4,6-7,11H2. The first-order chi connectivity index (χ1) is 5.90. The van der Waals surface area contributed by atoms with E-state index in [0.29, 0.717) is 6.54 Å². The molecule has 1 aromatic carbocycles. The second-order valence-electron chi connectivity index (χ2n) is 3.11. The van der Waals surface area contributed by atoms with E-state index in [2.05, 4.69) is 18.2 Å². The molecule has 2 N–H and O–H groups in total. The maximum Gasteiger partial charge on any atom is 0.0719 e. The van der Waals surface area contributed by atoms with E-state index < -0.39 is 0 Å². The lowest BCUT2D eigenvalue weighted by Crippen LogP contribution is -2.10. The summed E-state index contributed by atoms with van der Waals surface area (Å²) in [6.45, 7) is 2.25. The zero-order valence-electron chi connectivity index (χ0n) is 7.05. The van der Waals surface area contributed by atoms with Gasteiger partial charge in [-0.25, -0.2) is 0 Å². The quantitative estimate of drug-likeness (QED) is 0.675. The summed E-state index contributed by atoms with van der Waals surface area (Å²) in [6.07, 6.45) is 1.03. The predicted molar refractivity (Wildman–Crippen MR) is 47.7 cm³/mol. The summed E-state index contributed by atoms with van der Waals surface area (Å²) < 4.78 is 5.34. The minimum atomic E-state index is 0.633. The Hall–Kier alpha value is -0.860. The fourth-order valence-electron chi connectivity index (χ4n) is 1.54. The van der Waals surface area contributed by atoms with Gasteiger partial charge in [-0.05, 0) is 23.1 Å². The highest BCUT2D eigenvalue weighted by Crippen LogP contribution is 2.17. The molecule has 2 rings (SSSR count). The minimum Gasteiger partial charge on any atom is -0.376 e. The van der Waals surface area contributed by atoms with Gasteiger partial charge < -0.3 is 10.5 Å². The van der Waals surface area contributed by atoms with E-state index in [1.165, 1.54) is 16.7 Å². The molecule has 0 bridgehead atoms. The van der Waals surface area contributed by atoms with Gasteiger partial charge in [-0.2, -0.15) is 0 Å². The van der Waals surface area contributed by atoms with Crippen LogP contribution >= 0.6 is 0 Å². The molecule has 1 aromatic rings. The van der Waals surface area contributed by atoms with E-state index in [9.17, 15) is 0 Å². The Bertz CT molecular complexity index is 283. The SMILES string of the molecule is NCc1ccc2c(c1)CCOC2. The number of benzene rings is 1. The van der Waals surface area contributed by atoms with Gasteiger partial charge in [0, 0.05) is 6.54 Å². The van der Waals surface area contributed by atoms with Crippen LogP contribution in [-0.4, -0.2) is 6.61 Å². The predicted octanol–water partition coefficient (Wildman–Crippen LogP) is 1.22. The van der Waals surface area contributed by atoms with E-state index >= 15 is 0 Å². The molecular weight excluding hydrogens is 150 g/mol. The highest BCUT2D eigenvalue weighted by Gasteiger charge is 2.08. The van der Waals surface area contributed by atoms with Crippen LogP contribution in [-0.2, 0) is 24.3 Å². The van der Waals surface area contributed by atoms with Crippen LogP contribution in [0.1, 0.15) is 16.7 Å². The Labute approximate surface area is 72.3 Å². The van der Waals surface area contributed by atoms with Gasteiger partial charge in [-0.3, -0.25) is 0 Å². The number of ether oxygens (including phenoxy) is 1. The van der Waals surface area contributed by atoms with Gasteiger partial charge in [0.05, 0.1) is 13.2 Å². The summed E-state index contributed by atoms with van der Waals surface area (Å²) in [5, 5.41) is 0. The van der Waals surface area contributed by atoms with Gasteiger partial charge in [0.15, 0.2) is 0 Å². The molecule has 2 heteroatoms. The molecule has 0 radical (unpaired) electrons. The summed E-state index contributed by atoms with van der Waals surface area (Å²) in [4.78, 5) is 0. The van der Waals surface area contributed by atoms with Crippen LogP contribution in [0.3, 0.4) is 0 Å². The van der Waals surface area contributed by atoms with Crippen molar-refractivity contribution in [3.05, 3.63) is 34.9 Å². The summed E-state index contributed by atoms with van der Waals surface area (Å²) in [5.74, 6) is 0. The highest BCUT2D eigenvalue weighted by atomic mass is 16.5. The third-order valence-electron chi connectivity index (χ3n) is 2.28. The Morgan fingerprint density at radius 1 is 1.33 bits per heavy atom. The molecular formula is C10H13NO. The van der Waals surface area contributed by atoms with Crippen molar-refractivity contribution in [2.75, 3.05) is 6.61 Å². The molecule has 0 amide bonds. The zero-order valence-corrected chi connectivity index (χ0v) is 7.05. The highest BCUT2D eigenvalue weighted by molar-refractivity contribution is 5.32. The minimum absolute atomic E-state index is 0.633. The zero-order chi connectivity index (χ0) is 8.39. The second-order valence-corrected chi connectivity index (χ2v) is 3.11. The van der Waals surface area contributed by atoms with Gasteiger partial charge in [0.25, 0.3) is 0 Å². The van der Waals surface area contributed by atoms with Crippen molar-refractivity contribution in [2.45, 2.75) is 19.6 Å². The first-order valence-electron chi connectivity index (χ1n) is 4.28. The summed E-state index contributed by atoms with van der Waals surface area (Å²) in [6, 6.07) is 6.39. The first-order valence-corrected chi connectivity index (χ1v) is 4.28. The molecule has 0 unspecified atom stereocenters. The summed E-state index contributed by atoms with van der Waals surface area (Å²) in [5.41, 5.74) is 9.49. The van der Waals surface area contributed by atoms with E-state index in [0.717, 1.165) is 19.6 Å². The van der Waals surface area contributed by atoms with Crippen molar-refractivity contribution < 1.29 is 4.74 Å². The second kappa shape index (κ2) is 3.25. The Morgan fingerprint density at radius 2 is 2.25 bits per heavy atom. The molecule has 2 nitrogen and oxygen atoms in total. The van der Waals surface area contributed by atoms with Gasteiger partial charge in [-0.15, -0.1) is 0 Å². The number of nitrogens with two attached hydrogens (primary N) is 1. The molecule has 1 aliphatic heterocycles. The Kier molecular flexibility index (Phi) is 2.11. The van der Waals surface area contributed by atoms with E-state index in [-0.39, 0.29) is 0 Å². The van der Waals surface area contributed by atoms with E-state index in [1.54, 1.807) is 0 Å². The molecule has 12 heavy (non-hydrogen) atoms. The third-order valence-corrected chi connectivity index (χ3v) is 2.28. The van der Waals surface area contributed by atoms with Crippen LogP contribution in [0.5, 0.6) is 0 Å². The lowest BCUT2D eigenvalue weighted by atomic mass is 10.0. The summed E-state index contributed by atoms with van der Waals surface area (Å²) >= 11 is 0. The average molecular weight is 163 g/mol. The largest absolute Gasteiger partial charge is 0.376 e. The van der Waals surface area contributed by atoms with Crippen molar-refractivity contribution >= 4 is 0 Å².